The van der Waals surface area contributed by atoms with E-state index in [1.165, 1.54) is 91.7 Å². The van der Waals surface area contributed by atoms with E-state index in [4.69, 9.17) is 0 Å². The number of nitrogens with one attached hydrogen (secondary N) is 4. The molecule has 5 N–H and O–H groups in total. The summed E-state index contributed by atoms with van der Waals surface area (Å²) in [4.78, 5) is 162. The Kier molecular flexibility index (Phi) is 27.3. The highest BCUT2D eigenvalue weighted by molar-refractivity contribution is 5.99. The molecule has 0 unspecified atom stereocenters. The molecule has 0 saturated carbocycles. The molecule has 1 fully saturated rings. The van der Waals surface area contributed by atoms with E-state index in [0.29, 0.717) is 6.42 Å². The van der Waals surface area contributed by atoms with Crippen molar-refractivity contribution in [1.29, 1.82) is 0 Å². The molecule has 0 radical (unpaired) electrons. The molecular weight excluding hydrogens is 983 g/mol. The predicted octanol–water partition coefficient (Wildman–Crippen LogP) is 0.192. The SMILES string of the molecule is C/C=C/C[C@@H](C)[C@@H](O)[C@H]1C(=O)N[C@@H](CC)C(=O)N(C)CC(=O)N(C)[C@H](C)C(=O)N[C@@H](C)C(=O)N(C)CC(=O)N[C@@H](C)C(=O)N[C@H](C)C(=O)N(C)[C@@H](CC(C)C)C(=O)N(C)[C@@H](CC(C)C)C(=O)N(C)[C@@H](C(C)C)C(=O)N1C. The largest absolute Gasteiger partial charge is 0.390 e. The second-order valence-electron chi connectivity index (χ2n) is 21.8. The number of carbonyl (C=O) groups excluding carboxylic acids is 11. The van der Waals surface area contributed by atoms with Crippen LogP contribution < -0.4 is 21.3 Å². The highest BCUT2D eigenvalue weighted by Crippen LogP contribution is 2.25. The molecule has 23 nitrogen and oxygen atoms in total. The van der Waals surface area contributed by atoms with Crippen LogP contribution in [0.3, 0.4) is 0 Å². The summed E-state index contributed by atoms with van der Waals surface area (Å²) in [6.45, 7) is 20.5. The molecule has 0 aromatic carbocycles. The molecule has 1 rings (SSSR count). The van der Waals surface area contributed by atoms with E-state index in [9.17, 15) is 57.8 Å². The Balaban J connectivity index is 4.07. The molecule has 76 heavy (non-hydrogen) atoms. The van der Waals surface area contributed by atoms with Crippen LogP contribution in [0.25, 0.3) is 0 Å². The second-order valence-corrected chi connectivity index (χ2v) is 21.8. The lowest BCUT2D eigenvalue weighted by molar-refractivity contribution is -0.157. The summed E-state index contributed by atoms with van der Waals surface area (Å²) in [6.07, 6.45) is 2.73. The van der Waals surface area contributed by atoms with Gasteiger partial charge in [-0.15, -0.1) is 0 Å². The van der Waals surface area contributed by atoms with Crippen LogP contribution in [-0.2, 0) is 52.7 Å². The first-order chi connectivity index (χ1) is 35.1. The molecular formula is C53H93N11O12. The zero-order valence-electron chi connectivity index (χ0n) is 49.0. The molecule has 1 heterocycles. The van der Waals surface area contributed by atoms with Gasteiger partial charge in [0.15, 0.2) is 0 Å². The smallest absolute Gasteiger partial charge is 0.246 e. The van der Waals surface area contributed by atoms with Gasteiger partial charge in [0, 0.05) is 49.3 Å². The lowest BCUT2D eigenvalue weighted by atomic mass is 9.91. The van der Waals surface area contributed by atoms with Crippen molar-refractivity contribution < 1.29 is 57.8 Å². The molecule has 1 saturated heterocycles. The standard InChI is InChI=1S/C53H93N11O12/c1-21-23-24-32(9)44(67)43-47(70)57-37(22-2)50(73)59(15)28-41(66)60(16)36(13)46(69)56-34(11)48(71)58(14)27-40(65)54-33(10)45(68)55-35(12)49(72)61(17)38(25-29(3)4)51(74)62(18)39(26-30(5)6)52(75)63(19)42(31(7)8)53(76)64(43)20/h21,23,29-39,42-44,67H,22,24-28H2,1-20H3,(H,54,65)(H,55,68)(H,56,69)(H,57,70)/b23-21+/t32-,33+,34+,35-,36-,37+,38+,39+,42+,43+,44-/m1/s1. The fourth-order valence-corrected chi connectivity index (χ4v) is 8.99. The van der Waals surface area contributed by atoms with Gasteiger partial charge in [-0.25, -0.2) is 0 Å². The number of likely N-dealkylation sites (N-methyl/N-ethyl adjacent to an activating group) is 7. The number of carbonyl (C=O) groups is 11. The van der Waals surface area contributed by atoms with Gasteiger partial charge < -0.3 is 60.7 Å². The van der Waals surface area contributed by atoms with Gasteiger partial charge in [0.1, 0.15) is 54.4 Å². The van der Waals surface area contributed by atoms with E-state index in [1.54, 1.807) is 46.8 Å². The first-order valence-corrected chi connectivity index (χ1v) is 26.4. The minimum Gasteiger partial charge on any atom is -0.390 e. The molecule has 11 amide bonds. The first kappa shape index (κ1) is 67.9. The summed E-state index contributed by atoms with van der Waals surface area (Å²) in [5.41, 5.74) is 0. The van der Waals surface area contributed by atoms with E-state index in [1.807, 2.05) is 27.7 Å². The Morgan fingerprint density at radius 2 is 0.987 bits per heavy atom. The molecule has 1 aliphatic heterocycles. The highest BCUT2D eigenvalue weighted by Gasteiger charge is 2.45. The number of nitrogens with zero attached hydrogens (tertiary/aromatic N) is 7. The van der Waals surface area contributed by atoms with Crippen molar-refractivity contribution in [2.24, 2.45) is 23.7 Å². The van der Waals surface area contributed by atoms with Crippen LogP contribution in [0.2, 0.25) is 0 Å². The predicted molar refractivity (Wildman–Crippen MR) is 287 cm³/mol. The average Bonchev–Trinajstić information content (AvgIpc) is 3.34. The van der Waals surface area contributed by atoms with Gasteiger partial charge in [-0.2, -0.15) is 0 Å². The monoisotopic (exact) mass is 1080 g/mol. The summed E-state index contributed by atoms with van der Waals surface area (Å²) < 4.78 is 0. The van der Waals surface area contributed by atoms with Crippen molar-refractivity contribution in [2.45, 2.75) is 176 Å². The summed E-state index contributed by atoms with van der Waals surface area (Å²) in [6, 6.07) is -11.1. The second kappa shape index (κ2) is 30.6. The maximum Gasteiger partial charge on any atom is 0.246 e. The molecule has 11 atom stereocenters. The van der Waals surface area contributed by atoms with Crippen molar-refractivity contribution in [3.63, 3.8) is 0 Å². The molecule has 432 valence electrons. The molecule has 0 aromatic rings. The molecule has 0 bridgehead atoms. The van der Waals surface area contributed by atoms with Crippen LogP contribution in [0.1, 0.15) is 116 Å². The summed E-state index contributed by atoms with van der Waals surface area (Å²) in [5, 5.41) is 22.3. The lowest BCUT2D eigenvalue weighted by Crippen LogP contribution is -2.63. The normalized spacial score (nSPS) is 27.4. The molecule has 23 heteroatoms. The third-order valence-electron chi connectivity index (χ3n) is 14.0. The minimum absolute atomic E-state index is 0.0265. The molecule has 0 spiro atoms. The van der Waals surface area contributed by atoms with Crippen molar-refractivity contribution in [2.75, 3.05) is 62.4 Å². The number of hydrogen-bond acceptors (Lipinski definition) is 12. The molecule has 0 aliphatic carbocycles. The van der Waals surface area contributed by atoms with E-state index in [-0.39, 0.29) is 31.1 Å². The quantitative estimate of drug-likeness (QED) is 0.184. The van der Waals surface area contributed by atoms with Gasteiger partial charge in [-0.05, 0) is 84.0 Å². The van der Waals surface area contributed by atoms with E-state index >= 15 is 0 Å². The topological polar surface area (TPSA) is 279 Å². The Bertz CT molecular complexity index is 2100. The van der Waals surface area contributed by atoms with Crippen molar-refractivity contribution in [3.05, 3.63) is 12.2 Å². The molecule has 0 aromatic heterocycles. The zero-order chi connectivity index (χ0) is 59.0. The van der Waals surface area contributed by atoms with Gasteiger partial charge in [-0.3, -0.25) is 52.7 Å². The van der Waals surface area contributed by atoms with Crippen LogP contribution >= 0.6 is 0 Å². The number of hydrogen-bond donors (Lipinski definition) is 5. The first-order valence-electron chi connectivity index (χ1n) is 26.4. The average molecular weight is 1080 g/mol. The van der Waals surface area contributed by atoms with Gasteiger partial charge in [-0.1, -0.05) is 67.5 Å². The van der Waals surface area contributed by atoms with Crippen LogP contribution in [0.5, 0.6) is 0 Å². The van der Waals surface area contributed by atoms with Crippen molar-refractivity contribution in [1.82, 2.24) is 55.6 Å². The third kappa shape index (κ3) is 18.6. The van der Waals surface area contributed by atoms with Crippen molar-refractivity contribution >= 4 is 65.0 Å². The summed E-state index contributed by atoms with van der Waals surface area (Å²) >= 11 is 0. The number of aliphatic hydroxyl groups is 1. The van der Waals surface area contributed by atoms with Gasteiger partial charge in [0.05, 0.1) is 19.2 Å². The Morgan fingerprint density at radius 3 is 1.47 bits per heavy atom. The van der Waals surface area contributed by atoms with Crippen LogP contribution in [-0.4, -0.2) is 227 Å². The summed E-state index contributed by atoms with van der Waals surface area (Å²) in [5.74, 6) is -9.16. The van der Waals surface area contributed by atoms with Crippen molar-refractivity contribution in [3.8, 4) is 0 Å². The van der Waals surface area contributed by atoms with Crippen LogP contribution in [0, 0.1) is 23.7 Å². The maximum atomic E-state index is 15.0. The highest BCUT2D eigenvalue weighted by atomic mass is 16.3. The number of rotatable bonds is 10. The van der Waals surface area contributed by atoms with E-state index in [2.05, 4.69) is 21.3 Å². The number of amides is 11. The Morgan fingerprint density at radius 1 is 0.526 bits per heavy atom. The lowest BCUT2D eigenvalue weighted by Gasteiger charge is -2.41. The van der Waals surface area contributed by atoms with E-state index < -0.39 is 150 Å². The third-order valence-corrected chi connectivity index (χ3v) is 14.0. The number of aliphatic hydroxyl groups excluding tert-OH is 1. The maximum absolute atomic E-state index is 15.0. The van der Waals surface area contributed by atoms with E-state index in [0.717, 1.165) is 19.6 Å². The Hall–Kier alpha value is -6.13. The van der Waals surface area contributed by atoms with Gasteiger partial charge in [0.25, 0.3) is 0 Å². The van der Waals surface area contributed by atoms with Gasteiger partial charge >= 0.3 is 0 Å². The minimum atomic E-state index is -1.60. The van der Waals surface area contributed by atoms with Crippen LogP contribution in [0.15, 0.2) is 12.2 Å². The summed E-state index contributed by atoms with van der Waals surface area (Å²) in [7, 11) is 9.62. The van der Waals surface area contributed by atoms with Crippen LogP contribution in [0.4, 0.5) is 0 Å². The zero-order valence-corrected chi connectivity index (χ0v) is 49.0. The molecule has 1 aliphatic rings. The Labute approximate surface area is 451 Å². The fourth-order valence-electron chi connectivity index (χ4n) is 8.99. The van der Waals surface area contributed by atoms with Gasteiger partial charge in [0.2, 0.25) is 65.0 Å². The fraction of sp³-hybridized carbons (Fsp3) is 0.755. The number of allylic oxidation sites excluding steroid dienone is 2.